The number of aromatic nitrogens is 2. The molecule has 11 aromatic rings. The Balaban J connectivity index is 1.18. The summed E-state index contributed by atoms with van der Waals surface area (Å²) >= 11 is 0. The van der Waals surface area contributed by atoms with Crippen LogP contribution in [0.5, 0.6) is 0 Å². The van der Waals surface area contributed by atoms with Crippen LogP contribution < -0.4 is 38.2 Å². The summed E-state index contributed by atoms with van der Waals surface area (Å²) < 4.78 is 4.29. The second-order valence-electron chi connectivity index (χ2n) is 16.0. The van der Waals surface area contributed by atoms with Crippen LogP contribution in [0.1, 0.15) is 0 Å². The predicted octanol–water partition coefficient (Wildman–Crippen LogP) is 6.11. The maximum absolute atomic E-state index is 7.40. The molecule has 0 aliphatic carbocycles. The van der Waals surface area contributed by atoms with Crippen LogP contribution >= 0.6 is 0 Å². The minimum absolute atomic E-state index is 0.175. The molecule has 0 unspecified atom stereocenters. The molecular weight excluding hydrogens is 752 g/mol. The van der Waals surface area contributed by atoms with Gasteiger partial charge in [-0.05, 0) is 80.7 Å². The third-order valence-electron chi connectivity index (χ3n) is 12.5. The molecule has 63 heavy (non-hydrogen) atoms. The summed E-state index contributed by atoms with van der Waals surface area (Å²) in [6, 6.07) is 60.6. The van der Waals surface area contributed by atoms with E-state index in [9.17, 15) is 0 Å². The normalized spacial score (nSPS) is 11.6. The maximum atomic E-state index is 7.40. The Morgan fingerprint density at radius 2 is 0.810 bits per heavy atom. The summed E-state index contributed by atoms with van der Waals surface area (Å²) in [4.78, 5) is 0. The Hall–Kier alpha value is -6.97. The number of hydrogen-bond donors (Lipinski definition) is 0. The average molecular weight is 782 g/mol. The van der Waals surface area contributed by atoms with Crippen LogP contribution in [-0.4, -0.2) is 64.1 Å². The second kappa shape index (κ2) is 15.1. The molecule has 0 spiro atoms. The molecule has 0 saturated carbocycles. The lowest BCUT2D eigenvalue weighted by Crippen LogP contribution is -2.48. The van der Waals surface area contributed by atoms with Crippen molar-refractivity contribution in [3.05, 3.63) is 176 Å². The van der Waals surface area contributed by atoms with Crippen LogP contribution in [0.2, 0.25) is 0 Å². The van der Waals surface area contributed by atoms with Crippen molar-refractivity contribution in [2.45, 2.75) is 0 Å². The van der Waals surface area contributed by atoms with Gasteiger partial charge in [0.15, 0.2) is 0 Å². The molecule has 2 nitrogen and oxygen atoms in total. The standard InChI is InChI=1S/C54H29B7N2/c55-45-42(46(56)50(60)53-43(45)44-47(57)48(58)49(59)51(61)54(44)63(53)37-19-10-18-34(28-37)31-14-6-2-7-15-31)35-24-27-41-40(29-35)39-21-11-20-38(33-16-8-3-9-17-33)52(39)62(41)36-25-22-32(23-26-36)30-12-4-1-5-13-30/h1-29H. The van der Waals surface area contributed by atoms with Crippen molar-refractivity contribution in [2.24, 2.45) is 0 Å². The summed E-state index contributed by atoms with van der Waals surface area (Å²) in [5, 5.41) is 3.22. The van der Waals surface area contributed by atoms with E-state index in [-0.39, 0.29) is 21.9 Å². The van der Waals surface area contributed by atoms with Crippen molar-refractivity contribution in [3.63, 3.8) is 0 Å². The van der Waals surface area contributed by atoms with E-state index in [1.807, 2.05) is 47.0 Å². The molecule has 11 rings (SSSR count). The van der Waals surface area contributed by atoms with Gasteiger partial charge in [-0.1, -0.05) is 167 Å². The van der Waals surface area contributed by atoms with Gasteiger partial charge in [0.05, 0.1) is 11.0 Å². The molecule has 0 saturated heterocycles. The monoisotopic (exact) mass is 782 g/mol. The fourth-order valence-electron chi connectivity index (χ4n) is 9.49. The van der Waals surface area contributed by atoms with Crippen molar-refractivity contribution >= 4 is 137 Å². The van der Waals surface area contributed by atoms with Crippen LogP contribution in [0, 0.1) is 0 Å². The second-order valence-corrected chi connectivity index (χ2v) is 16.0. The molecule has 0 atom stereocenters. The molecule has 9 heteroatoms. The number of para-hydroxylation sites is 1. The lowest BCUT2D eigenvalue weighted by atomic mass is 9.64. The van der Waals surface area contributed by atoms with Gasteiger partial charge in [0, 0.05) is 44.1 Å². The van der Waals surface area contributed by atoms with E-state index in [1.165, 1.54) is 0 Å². The Morgan fingerprint density at radius 1 is 0.286 bits per heavy atom. The number of hydrogen-bond acceptors (Lipinski definition) is 0. The number of fused-ring (bicyclic) bond motifs is 6. The fourth-order valence-corrected chi connectivity index (χ4v) is 9.49. The van der Waals surface area contributed by atoms with Gasteiger partial charge >= 0.3 is 0 Å². The van der Waals surface area contributed by atoms with E-state index >= 15 is 0 Å². The fraction of sp³-hybridized carbons (Fsp3) is 0. The average Bonchev–Trinajstić information content (AvgIpc) is 3.87. The van der Waals surface area contributed by atoms with Gasteiger partial charge < -0.3 is 9.13 Å². The van der Waals surface area contributed by atoms with Gasteiger partial charge in [0.2, 0.25) is 0 Å². The summed E-state index contributed by atoms with van der Waals surface area (Å²) in [5.41, 5.74) is 14.8. The summed E-state index contributed by atoms with van der Waals surface area (Å²) in [7, 11) is 48.7. The van der Waals surface area contributed by atoms with E-state index in [0.29, 0.717) is 43.8 Å². The molecule has 0 N–H and O–H groups in total. The number of benzene rings is 9. The van der Waals surface area contributed by atoms with Crippen LogP contribution in [0.3, 0.4) is 0 Å². The summed E-state index contributed by atoms with van der Waals surface area (Å²) in [5.74, 6) is 0. The van der Waals surface area contributed by atoms with E-state index in [4.69, 9.17) is 54.9 Å². The smallest absolute Gasteiger partial charge is 0.115 e. The molecular formula is C54H29B7N2. The van der Waals surface area contributed by atoms with Crippen LogP contribution in [-0.2, 0) is 0 Å². The Morgan fingerprint density at radius 3 is 1.48 bits per heavy atom. The minimum atomic E-state index is 0.175. The largest absolute Gasteiger partial charge is 0.311 e. The van der Waals surface area contributed by atoms with Crippen molar-refractivity contribution in [2.75, 3.05) is 0 Å². The van der Waals surface area contributed by atoms with Gasteiger partial charge in [0.1, 0.15) is 54.9 Å². The van der Waals surface area contributed by atoms with Gasteiger partial charge in [-0.2, -0.15) is 0 Å². The van der Waals surface area contributed by atoms with Crippen LogP contribution in [0.4, 0.5) is 0 Å². The Kier molecular flexibility index (Phi) is 9.35. The van der Waals surface area contributed by atoms with E-state index in [2.05, 4.69) is 138 Å². The van der Waals surface area contributed by atoms with Gasteiger partial charge in [-0.25, -0.2) is 0 Å². The SMILES string of the molecule is [B]c1c([B])c([B])c2c(c1[B])c1c([B])c(-c3ccc4c(c3)c3cccc(-c5ccccc5)c3n4-c3ccc(-c4ccccc4)cc3)c([B])c([B])c1n2-c1cccc(-c2ccccc2)c1. The first-order valence-electron chi connectivity index (χ1n) is 20.7. The summed E-state index contributed by atoms with van der Waals surface area (Å²) in [6.45, 7) is 0. The third-order valence-corrected chi connectivity index (χ3v) is 12.5. The van der Waals surface area contributed by atoms with E-state index < -0.39 is 0 Å². The zero-order valence-electron chi connectivity index (χ0n) is 34.2. The highest BCUT2D eigenvalue weighted by molar-refractivity contribution is 6.69. The highest BCUT2D eigenvalue weighted by Gasteiger charge is 2.25. The molecule has 0 bridgehead atoms. The highest BCUT2D eigenvalue weighted by Crippen LogP contribution is 2.40. The van der Waals surface area contributed by atoms with Crippen molar-refractivity contribution < 1.29 is 0 Å². The quantitative estimate of drug-likeness (QED) is 0.181. The third kappa shape index (κ3) is 6.04. The molecule has 0 aliphatic rings. The van der Waals surface area contributed by atoms with Crippen LogP contribution in [0.25, 0.3) is 99.5 Å². The molecule has 0 aliphatic heterocycles. The summed E-state index contributed by atoms with van der Waals surface area (Å²) in [6.07, 6.45) is 0. The zero-order chi connectivity index (χ0) is 43.1. The lowest BCUT2D eigenvalue weighted by Gasteiger charge is -2.19. The minimum Gasteiger partial charge on any atom is -0.311 e. The molecule has 0 amide bonds. The van der Waals surface area contributed by atoms with Gasteiger partial charge in [-0.15, -0.1) is 10.9 Å². The van der Waals surface area contributed by atoms with E-state index in [1.54, 1.807) is 0 Å². The maximum Gasteiger partial charge on any atom is 0.115 e. The first-order chi connectivity index (χ1) is 30.7. The van der Waals surface area contributed by atoms with E-state index in [0.717, 1.165) is 72.1 Å². The van der Waals surface area contributed by atoms with Crippen molar-refractivity contribution in [3.8, 4) is 55.9 Å². The molecule has 9 aromatic carbocycles. The molecule has 276 valence electrons. The molecule has 0 fully saturated rings. The van der Waals surface area contributed by atoms with Gasteiger partial charge in [0.25, 0.3) is 0 Å². The first-order valence-corrected chi connectivity index (χ1v) is 20.7. The Labute approximate surface area is 375 Å². The molecule has 2 heterocycles. The number of rotatable bonds is 6. The van der Waals surface area contributed by atoms with Gasteiger partial charge in [-0.3, -0.25) is 0 Å². The lowest BCUT2D eigenvalue weighted by molar-refractivity contribution is 1.18. The van der Waals surface area contributed by atoms with Crippen LogP contribution in [0.15, 0.2) is 176 Å². The van der Waals surface area contributed by atoms with Crippen molar-refractivity contribution in [1.82, 2.24) is 9.13 Å². The predicted molar refractivity (Wildman–Crippen MR) is 275 cm³/mol. The molecule has 2 aromatic heterocycles. The molecule has 14 radical (unpaired) electrons. The highest BCUT2D eigenvalue weighted by atomic mass is 15.0. The zero-order valence-corrected chi connectivity index (χ0v) is 34.2. The van der Waals surface area contributed by atoms with Crippen molar-refractivity contribution in [1.29, 1.82) is 0 Å². The first kappa shape index (κ1) is 38.9. The topological polar surface area (TPSA) is 9.86 Å². The Bertz CT molecular complexity index is 3620. The number of nitrogens with zero attached hydrogens (tertiary/aromatic N) is 2.